The standard InChI is InChI=1S/C13H13FN2S/c1-2-6-17-7-5-16-10-12-4-3-11(9-15)8-13(12)14/h1,3-4,8,16H,5-7,10H2. The number of rotatable bonds is 6. The van der Waals surface area contributed by atoms with Crippen molar-refractivity contribution in [1.82, 2.24) is 5.32 Å². The maximum absolute atomic E-state index is 13.4. The normalized spacial score (nSPS) is 9.59. The van der Waals surface area contributed by atoms with Crippen molar-refractivity contribution in [1.29, 1.82) is 5.26 Å². The molecule has 0 unspecified atom stereocenters. The Morgan fingerprint density at radius 2 is 2.29 bits per heavy atom. The molecule has 0 bridgehead atoms. The summed E-state index contributed by atoms with van der Waals surface area (Å²) >= 11 is 1.66. The second kappa shape index (κ2) is 7.73. The van der Waals surface area contributed by atoms with Gasteiger partial charge < -0.3 is 5.32 Å². The lowest BCUT2D eigenvalue weighted by atomic mass is 10.1. The third-order valence-electron chi connectivity index (χ3n) is 2.11. The second-order valence-electron chi connectivity index (χ2n) is 3.35. The summed E-state index contributed by atoms with van der Waals surface area (Å²) in [5.74, 6) is 3.81. The van der Waals surface area contributed by atoms with E-state index in [2.05, 4.69) is 11.2 Å². The van der Waals surface area contributed by atoms with E-state index in [9.17, 15) is 4.39 Å². The second-order valence-corrected chi connectivity index (χ2v) is 4.46. The molecule has 0 saturated carbocycles. The minimum atomic E-state index is -0.340. The number of nitrogens with one attached hydrogen (secondary N) is 1. The fourth-order valence-corrected chi connectivity index (χ4v) is 1.81. The molecule has 0 aliphatic rings. The van der Waals surface area contributed by atoms with Crippen molar-refractivity contribution >= 4 is 11.8 Å². The fraction of sp³-hybridized carbons (Fsp3) is 0.308. The molecule has 88 valence electrons. The van der Waals surface area contributed by atoms with Gasteiger partial charge in [-0.1, -0.05) is 12.0 Å². The molecule has 0 aliphatic carbocycles. The van der Waals surface area contributed by atoms with Crippen molar-refractivity contribution in [2.45, 2.75) is 6.54 Å². The number of nitriles is 1. The molecule has 0 fully saturated rings. The first kappa shape index (κ1) is 13.6. The average Bonchev–Trinajstić information content (AvgIpc) is 2.35. The van der Waals surface area contributed by atoms with Crippen LogP contribution >= 0.6 is 11.8 Å². The van der Waals surface area contributed by atoms with Crippen LogP contribution in [0.25, 0.3) is 0 Å². The molecule has 0 atom stereocenters. The minimum absolute atomic E-state index is 0.340. The van der Waals surface area contributed by atoms with Crippen LogP contribution in [-0.2, 0) is 6.54 Å². The number of hydrogen-bond acceptors (Lipinski definition) is 3. The summed E-state index contributed by atoms with van der Waals surface area (Å²) in [4.78, 5) is 0. The van der Waals surface area contributed by atoms with Gasteiger partial charge in [-0.15, -0.1) is 18.2 Å². The molecule has 0 aliphatic heterocycles. The average molecular weight is 248 g/mol. The molecular weight excluding hydrogens is 235 g/mol. The molecule has 0 aromatic heterocycles. The lowest BCUT2D eigenvalue weighted by Crippen LogP contribution is -2.17. The molecule has 0 amide bonds. The van der Waals surface area contributed by atoms with Gasteiger partial charge in [0.2, 0.25) is 0 Å². The van der Waals surface area contributed by atoms with Crippen molar-refractivity contribution in [3.05, 3.63) is 35.1 Å². The zero-order valence-corrected chi connectivity index (χ0v) is 10.2. The van der Waals surface area contributed by atoms with Crippen molar-refractivity contribution in [2.24, 2.45) is 0 Å². The lowest BCUT2D eigenvalue weighted by Gasteiger charge is -2.05. The van der Waals surface area contributed by atoms with E-state index in [1.165, 1.54) is 6.07 Å². The molecule has 17 heavy (non-hydrogen) atoms. The van der Waals surface area contributed by atoms with E-state index in [4.69, 9.17) is 11.7 Å². The van der Waals surface area contributed by atoms with Gasteiger partial charge in [-0.05, 0) is 12.1 Å². The van der Waals surface area contributed by atoms with Crippen molar-refractivity contribution in [2.75, 3.05) is 18.1 Å². The van der Waals surface area contributed by atoms with Crippen LogP contribution < -0.4 is 5.32 Å². The third kappa shape index (κ3) is 4.91. The van der Waals surface area contributed by atoms with Gasteiger partial charge in [0.05, 0.1) is 17.4 Å². The Labute approximate surface area is 105 Å². The number of hydrogen-bond donors (Lipinski definition) is 1. The minimum Gasteiger partial charge on any atom is -0.312 e. The summed E-state index contributed by atoms with van der Waals surface area (Å²) in [7, 11) is 0. The van der Waals surface area contributed by atoms with Gasteiger partial charge in [0.15, 0.2) is 0 Å². The maximum atomic E-state index is 13.4. The van der Waals surface area contributed by atoms with E-state index >= 15 is 0 Å². The molecule has 4 heteroatoms. The Kier molecular flexibility index (Phi) is 6.17. The zero-order chi connectivity index (χ0) is 12.5. The first-order valence-electron chi connectivity index (χ1n) is 5.18. The highest BCUT2D eigenvalue weighted by Gasteiger charge is 2.02. The van der Waals surface area contributed by atoms with Crippen molar-refractivity contribution in [3.63, 3.8) is 0 Å². The van der Waals surface area contributed by atoms with Gasteiger partial charge in [0.25, 0.3) is 0 Å². The molecule has 0 radical (unpaired) electrons. The SMILES string of the molecule is C#CCSCCNCc1ccc(C#N)cc1F. The van der Waals surface area contributed by atoms with Gasteiger partial charge in [-0.25, -0.2) is 4.39 Å². The van der Waals surface area contributed by atoms with E-state index in [0.717, 1.165) is 12.3 Å². The van der Waals surface area contributed by atoms with Crippen LogP contribution in [0.3, 0.4) is 0 Å². The third-order valence-corrected chi connectivity index (χ3v) is 2.97. The molecule has 0 saturated heterocycles. The molecule has 1 N–H and O–H groups in total. The van der Waals surface area contributed by atoms with Crippen LogP contribution in [0.2, 0.25) is 0 Å². The molecule has 1 aromatic carbocycles. The van der Waals surface area contributed by atoms with Gasteiger partial charge >= 0.3 is 0 Å². The highest BCUT2D eigenvalue weighted by Crippen LogP contribution is 2.09. The van der Waals surface area contributed by atoms with Crippen molar-refractivity contribution in [3.8, 4) is 18.4 Å². The van der Waals surface area contributed by atoms with Gasteiger partial charge in [0, 0.05) is 24.4 Å². The van der Waals surface area contributed by atoms with Gasteiger partial charge in [0.1, 0.15) is 5.82 Å². The highest BCUT2D eigenvalue weighted by atomic mass is 32.2. The Bertz CT molecular complexity index is 446. The smallest absolute Gasteiger partial charge is 0.129 e. The van der Waals surface area contributed by atoms with Gasteiger partial charge in [-0.3, -0.25) is 0 Å². The number of terminal acetylenes is 1. The fourth-order valence-electron chi connectivity index (χ4n) is 1.26. The molecule has 1 aromatic rings. The molecule has 1 rings (SSSR count). The summed E-state index contributed by atoms with van der Waals surface area (Å²) in [6.07, 6.45) is 5.11. The summed E-state index contributed by atoms with van der Waals surface area (Å²) in [5, 5.41) is 11.7. The summed E-state index contributed by atoms with van der Waals surface area (Å²) in [6.45, 7) is 1.25. The largest absolute Gasteiger partial charge is 0.312 e. The summed E-state index contributed by atoms with van der Waals surface area (Å²) in [5.41, 5.74) is 0.918. The van der Waals surface area contributed by atoms with E-state index in [0.29, 0.717) is 23.4 Å². The quantitative estimate of drug-likeness (QED) is 0.619. The maximum Gasteiger partial charge on any atom is 0.129 e. The number of nitrogens with zero attached hydrogens (tertiary/aromatic N) is 1. The van der Waals surface area contributed by atoms with Crippen LogP contribution in [-0.4, -0.2) is 18.1 Å². The zero-order valence-electron chi connectivity index (χ0n) is 9.37. The van der Waals surface area contributed by atoms with Crippen LogP contribution in [0.1, 0.15) is 11.1 Å². The predicted octanol–water partition coefficient (Wildman–Crippen LogP) is 2.15. The number of thioether (sulfide) groups is 1. The topological polar surface area (TPSA) is 35.8 Å². The van der Waals surface area contributed by atoms with E-state index in [1.807, 2.05) is 6.07 Å². The van der Waals surface area contributed by atoms with Crippen LogP contribution in [0.15, 0.2) is 18.2 Å². The molecule has 0 spiro atoms. The molecular formula is C13H13FN2S. The highest BCUT2D eigenvalue weighted by molar-refractivity contribution is 7.99. The number of benzene rings is 1. The van der Waals surface area contributed by atoms with Crippen LogP contribution in [0.4, 0.5) is 4.39 Å². The molecule has 0 heterocycles. The summed E-state index contributed by atoms with van der Waals surface area (Å²) in [6, 6.07) is 6.41. The van der Waals surface area contributed by atoms with E-state index in [1.54, 1.807) is 23.9 Å². The first-order chi connectivity index (χ1) is 8.27. The van der Waals surface area contributed by atoms with Crippen LogP contribution in [0, 0.1) is 29.5 Å². The predicted molar refractivity (Wildman–Crippen MR) is 69.0 cm³/mol. The Hall–Kier alpha value is -1.49. The van der Waals surface area contributed by atoms with Crippen molar-refractivity contribution < 1.29 is 4.39 Å². The van der Waals surface area contributed by atoms with E-state index in [-0.39, 0.29) is 5.82 Å². The lowest BCUT2D eigenvalue weighted by molar-refractivity contribution is 0.593. The van der Waals surface area contributed by atoms with Gasteiger partial charge in [-0.2, -0.15) is 5.26 Å². The molecule has 2 nitrogen and oxygen atoms in total. The van der Waals surface area contributed by atoms with E-state index < -0.39 is 0 Å². The monoisotopic (exact) mass is 248 g/mol. The Balaban J connectivity index is 2.33. The Morgan fingerprint density at radius 3 is 2.94 bits per heavy atom. The first-order valence-corrected chi connectivity index (χ1v) is 6.34. The van der Waals surface area contributed by atoms with Crippen LogP contribution in [0.5, 0.6) is 0 Å². The number of halogens is 1. The summed E-state index contributed by atoms with van der Waals surface area (Å²) < 4.78 is 13.4. The Morgan fingerprint density at radius 1 is 1.47 bits per heavy atom.